The molecule has 2 aromatic carbocycles. The lowest BCUT2D eigenvalue weighted by atomic mass is 9.91. The van der Waals surface area contributed by atoms with E-state index in [2.05, 4.69) is 67.4 Å². The number of fused-ring (bicyclic) bond motifs is 1. The van der Waals surface area contributed by atoms with Crippen LogP contribution in [0.1, 0.15) is 61.3 Å². The largest absolute Gasteiger partial charge is 0.367 e. The van der Waals surface area contributed by atoms with E-state index in [0.29, 0.717) is 6.42 Å². The molecule has 0 spiro atoms. The third kappa shape index (κ3) is 4.71. The Hall–Kier alpha value is -2.29. The zero-order chi connectivity index (χ0) is 19.2. The van der Waals surface area contributed by atoms with Gasteiger partial charge in [-0.1, -0.05) is 50.5 Å². The normalized spacial score (nSPS) is 13.4. The zero-order valence-electron chi connectivity index (χ0n) is 17.0. The number of hydrogen-bond acceptors (Lipinski definition) is 2. The van der Waals surface area contributed by atoms with E-state index in [4.69, 9.17) is 0 Å². The number of nitrogens with one attached hydrogen (secondary N) is 1. The average molecular weight is 365 g/mol. The van der Waals surface area contributed by atoms with Crippen LogP contribution in [0.25, 0.3) is 0 Å². The molecule has 1 heterocycles. The lowest BCUT2D eigenvalue weighted by molar-refractivity contribution is -0.116. The number of amides is 1. The Morgan fingerprint density at radius 1 is 1.11 bits per heavy atom. The molecule has 0 unspecified atom stereocenters. The summed E-state index contributed by atoms with van der Waals surface area (Å²) in [4.78, 5) is 14.8. The monoisotopic (exact) mass is 364 g/mol. The van der Waals surface area contributed by atoms with Gasteiger partial charge >= 0.3 is 0 Å². The number of benzene rings is 2. The van der Waals surface area contributed by atoms with Crippen molar-refractivity contribution in [1.82, 2.24) is 0 Å². The average Bonchev–Trinajstić information content (AvgIpc) is 2.69. The standard InChI is InChI=1S/C24H32N2O/c1-4-5-6-10-13-23(27)25-24-18(2)16-20-17-26(15-14-22(20)19(24)3)21-11-8-7-9-12-21/h7-9,11-12,16H,4-6,10,13-15,17H2,1-3H3,(H,25,27). The summed E-state index contributed by atoms with van der Waals surface area (Å²) < 4.78 is 0. The maximum atomic E-state index is 12.4. The minimum atomic E-state index is 0.152. The van der Waals surface area contributed by atoms with Crippen molar-refractivity contribution in [2.75, 3.05) is 16.8 Å². The van der Waals surface area contributed by atoms with E-state index in [1.54, 1.807) is 0 Å². The van der Waals surface area contributed by atoms with Crippen LogP contribution in [0, 0.1) is 13.8 Å². The van der Waals surface area contributed by atoms with Gasteiger partial charge in [-0.15, -0.1) is 0 Å². The first-order valence-electron chi connectivity index (χ1n) is 10.3. The molecule has 3 nitrogen and oxygen atoms in total. The summed E-state index contributed by atoms with van der Waals surface area (Å²) in [6, 6.07) is 12.9. The topological polar surface area (TPSA) is 32.3 Å². The number of aryl methyl sites for hydroxylation is 1. The van der Waals surface area contributed by atoms with Gasteiger partial charge in [0.25, 0.3) is 0 Å². The number of carbonyl (C=O) groups excluding carboxylic acids is 1. The molecule has 0 aliphatic carbocycles. The van der Waals surface area contributed by atoms with E-state index in [0.717, 1.165) is 38.0 Å². The number of rotatable bonds is 7. The van der Waals surface area contributed by atoms with Crippen LogP contribution in [-0.2, 0) is 17.8 Å². The van der Waals surface area contributed by atoms with Crippen molar-refractivity contribution >= 4 is 17.3 Å². The van der Waals surface area contributed by atoms with Crippen molar-refractivity contribution in [3.05, 3.63) is 58.7 Å². The molecular weight excluding hydrogens is 332 g/mol. The summed E-state index contributed by atoms with van der Waals surface area (Å²) >= 11 is 0. The molecule has 1 aliphatic heterocycles. The first-order chi connectivity index (χ1) is 13.1. The second kappa shape index (κ2) is 9.07. The third-order valence-corrected chi connectivity index (χ3v) is 5.64. The summed E-state index contributed by atoms with van der Waals surface area (Å²) in [7, 11) is 0. The second-order valence-electron chi connectivity index (χ2n) is 7.70. The summed E-state index contributed by atoms with van der Waals surface area (Å²) in [6.45, 7) is 8.43. The zero-order valence-corrected chi connectivity index (χ0v) is 17.0. The Balaban J connectivity index is 1.72. The number of para-hydroxylation sites is 1. The molecule has 1 aliphatic rings. The predicted molar refractivity (Wildman–Crippen MR) is 115 cm³/mol. The van der Waals surface area contributed by atoms with Crippen molar-refractivity contribution in [3.63, 3.8) is 0 Å². The van der Waals surface area contributed by atoms with Crippen molar-refractivity contribution < 1.29 is 4.79 Å². The molecule has 0 fully saturated rings. The van der Waals surface area contributed by atoms with Gasteiger partial charge in [0, 0.05) is 30.9 Å². The van der Waals surface area contributed by atoms with Gasteiger partial charge in [-0.05, 0) is 61.1 Å². The Bertz CT molecular complexity index is 783. The highest BCUT2D eigenvalue weighted by Gasteiger charge is 2.21. The fourth-order valence-electron chi connectivity index (χ4n) is 4.09. The van der Waals surface area contributed by atoms with Crippen LogP contribution in [0.5, 0.6) is 0 Å². The number of unbranched alkanes of at least 4 members (excludes halogenated alkanes) is 3. The molecule has 1 amide bonds. The van der Waals surface area contributed by atoms with Crippen LogP contribution in [0.4, 0.5) is 11.4 Å². The number of carbonyl (C=O) groups is 1. The Morgan fingerprint density at radius 2 is 1.89 bits per heavy atom. The van der Waals surface area contributed by atoms with Crippen LogP contribution in [-0.4, -0.2) is 12.5 Å². The molecule has 0 bridgehead atoms. The summed E-state index contributed by atoms with van der Waals surface area (Å²) in [5.74, 6) is 0.152. The van der Waals surface area contributed by atoms with E-state index in [9.17, 15) is 4.79 Å². The summed E-state index contributed by atoms with van der Waals surface area (Å²) in [5, 5.41) is 3.20. The molecule has 27 heavy (non-hydrogen) atoms. The van der Waals surface area contributed by atoms with Gasteiger partial charge in [0.2, 0.25) is 5.91 Å². The van der Waals surface area contributed by atoms with Gasteiger partial charge in [0.15, 0.2) is 0 Å². The van der Waals surface area contributed by atoms with E-state index in [1.165, 1.54) is 40.8 Å². The molecule has 0 saturated carbocycles. The highest BCUT2D eigenvalue weighted by Crippen LogP contribution is 2.32. The number of hydrogen-bond donors (Lipinski definition) is 1. The van der Waals surface area contributed by atoms with Crippen LogP contribution in [0.3, 0.4) is 0 Å². The van der Waals surface area contributed by atoms with E-state index >= 15 is 0 Å². The van der Waals surface area contributed by atoms with E-state index in [1.807, 2.05) is 0 Å². The molecule has 0 atom stereocenters. The predicted octanol–water partition coefficient (Wildman–Crippen LogP) is 5.78. The number of anilines is 2. The lowest BCUT2D eigenvalue weighted by Gasteiger charge is -2.33. The van der Waals surface area contributed by atoms with E-state index < -0.39 is 0 Å². The van der Waals surface area contributed by atoms with E-state index in [-0.39, 0.29) is 5.91 Å². The fraction of sp³-hybridized carbons (Fsp3) is 0.458. The first-order valence-corrected chi connectivity index (χ1v) is 10.3. The molecular formula is C24H32N2O. The summed E-state index contributed by atoms with van der Waals surface area (Å²) in [5.41, 5.74) is 7.53. The maximum absolute atomic E-state index is 12.4. The summed E-state index contributed by atoms with van der Waals surface area (Å²) in [6.07, 6.45) is 6.18. The fourth-order valence-corrected chi connectivity index (χ4v) is 4.09. The van der Waals surface area contributed by atoms with Gasteiger partial charge in [0.05, 0.1) is 0 Å². The van der Waals surface area contributed by atoms with Crippen LogP contribution in [0.2, 0.25) is 0 Å². The van der Waals surface area contributed by atoms with Gasteiger partial charge in [0.1, 0.15) is 0 Å². The molecule has 3 rings (SSSR count). The van der Waals surface area contributed by atoms with Gasteiger partial charge in [-0.2, -0.15) is 0 Å². The minimum absolute atomic E-state index is 0.152. The van der Waals surface area contributed by atoms with Crippen molar-refractivity contribution in [2.24, 2.45) is 0 Å². The number of nitrogens with zero attached hydrogens (tertiary/aromatic N) is 1. The van der Waals surface area contributed by atoms with Crippen LogP contribution >= 0.6 is 0 Å². The van der Waals surface area contributed by atoms with Crippen molar-refractivity contribution in [3.8, 4) is 0 Å². The molecule has 2 aromatic rings. The molecule has 0 saturated heterocycles. The van der Waals surface area contributed by atoms with Crippen molar-refractivity contribution in [1.29, 1.82) is 0 Å². The maximum Gasteiger partial charge on any atom is 0.224 e. The first kappa shape index (κ1) is 19.5. The molecule has 0 radical (unpaired) electrons. The molecule has 0 aromatic heterocycles. The van der Waals surface area contributed by atoms with Crippen LogP contribution in [0.15, 0.2) is 36.4 Å². The Kier molecular flexibility index (Phi) is 6.54. The van der Waals surface area contributed by atoms with Gasteiger partial charge in [-0.25, -0.2) is 0 Å². The van der Waals surface area contributed by atoms with Crippen molar-refractivity contribution in [2.45, 2.75) is 65.8 Å². The van der Waals surface area contributed by atoms with Crippen LogP contribution < -0.4 is 10.2 Å². The Labute approximate surface area is 163 Å². The van der Waals surface area contributed by atoms with Gasteiger partial charge in [-0.3, -0.25) is 4.79 Å². The molecule has 3 heteroatoms. The smallest absolute Gasteiger partial charge is 0.224 e. The quantitative estimate of drug-likeness (QED) is 0.632. The Morgan fingerprint density at radius 3 is 2.63 bits per heavy atom. The highest BCUT2D eigenvalue weighted by atomic mass is 16.1. The molecule has 144 valence electrons. The third-order valence-electron chi connectivity index (χ3n) is 5.64. The SMILES string of the molecule is CCCCCCC(=O)Nc1c(C)cc2c(c1C)CCN(c1ccccc1)C2. The minimum Gasteiger partial charge on any atom is -0.367 e. The highest BCUT2D eigenvalue weighted by molar-refractivity contribution is 5.92. The second-order valence-corrected chi connectivity index (χ2v) is 7.70. The molecule has 1 N–H and O–H groups in total. The lowest BCUT2D eigenvalue weighted by Crippen LogP contribution is -2.31. The van der Waals surface area contributed by atoms with Gasteiger partial charge < -0.3 is 10.2 Å².